The number of fused-ring (bicyclic) bond motifs is 1. The van der Waals surface area contributed by atoms with Gasteiger partial charge in [-0.25, -0.2) is 0 Å². The van der Waals surface area contributed by atoms with Crippen molar-refractivity contribution in [2.45, 2.75) is 0 Å². The van der Waals surface area contributed by atoms with E-state index < -0.39 is 0 Å². The number of benzene rings is 1. The minimum absolute atomic E-state index is 0.135. The average Bonchev–Trinajstić information content (AvgIpc) is 2.89. The number of nitrogens with one attached hydrogen (secondary N) is 1. The lowest BCUT2D eigenvalue weighted by atomic mass is 10.0. The van der Waals surface area contributed by atoms with Crippen LogP contribution < -0.4 is 5.32 Å². The maximum atomic E-state index is 12.3. The number of rotatable bonds is 1. The first kappa shape index (κ1) is 11.1. The van der Waals surface area contributed by atoms with Crippen molar-refractivity contribution < 1.29 is 4.79 Å². The van der Waals surface area contributed by atoms with Gasteiger partial charge in [0.2, 0.25) is 0 Å². The molecule has 4 heteroatoms. The number of halogens is 1. The maximum absolute atomic E-state index is 12.3. The predicted molar refractivity (Wildman–Crippen MR) is 67.2 cm³/mol. The van der Waals surface area contributed by atoms with Crippen LogP contribution in [-0.4, -0.2) is 37.0 Å². The molecular weight excluding hydrogens is 236 g/mol. The second-order valence-corrected chi connectivity index (χ2v) is 5.33. The van der Waals surface area contributed by atoms with Crippen molar-refractivity contribution in [2.75, 3.05) is 26.2 Å². The van der Waals surface area contributed by atoms with Gasteiger partial charge in [0, 0.05) is 36.8 Å². The molecule has 1 amide bonds. The minimum atomic E-state index is 0.135. The van der Waals surface area contributed by atoms with E-state index in [9.17, 15) is 4.79 Å². The quantitative estimate of drug-likeness (QED) is 0.822. The van der Waals surface area contributed by atoms with E-state index in [1.54, 1.807) is 24.3 Å². The first-order chi connectivity index (χ1) is 8.24. The fraction of sp³-hybridized carbons (Fsp3) is 0.462. The molecule has 1 aromatic carbocycles. The van der Waals surface area contributed by atoms with Crippen LogP contribution >= 0.6 is 11.6 Å². The number of hydrogen-bond donors (Lipinski definition) is 1. The van der Waals surface area contributed by atoms with Crippen molar-refractivity contribution in [3.63, 3.8) is 0 Å². The zero-order valence-electron chi connectivity index (χ0n) is 9.53. The highest BCUT2D eigenvalue weighted by Gasteiger charge is 2.38. The highest BCUT2D eigenvalue weighted by atomic mass is 35.5. The molecule has 0 spiro atoms. The molecule has 0 aromatic heterocycles. The topological polar surface area (TPSA) is 32.3 Å². The third kappa shape index (κ3) is 2.05. The van der Waals surface area contributed by atoms with Crippen LogP contribution in [0, 0.1) is 11.8 Å². The summed E-state index contributed by atoms with van der Waals surface area (Å²) in [4.78, 5) is 14.2. The Kier molecular flexibility index (Phi) is 2.81. The zero-order chi connectivity index (χ0) is 11.8. The van der Waals surface area contributed by atoms with Crippen molar-refractivity contribution in [1.82, 2.24) is 10.2 Å². The van der Waals surface area contributed by atoms with Gasteiger partial charge in [-0.1, -0.05) is 11.6 Å². The van der Waals surface area contributed by atoms with Crippen molar-refractivity contribution in [3.8, 4) is 0 Å². The fourth-order valence-corrected chi connectivity index (χ4v) is 2.92. The average molecular weight is 251 g/mol. The smallest absolute Gasteiger partial charge is 0.253 e. The van der Waals surface area contributed by atoms with Gasteiger partial charge in [-0.05, 0) is 36.1 Å². The van der Waals surface area contributed by atoms with Gasteiger partial charge in [0.1, 0.15) is 0 Å². The fourth-order valence-electron chi connectivity index (χ4n) is 2.80. The Hall–Kier alpha value is -1.06. The summed E-state index contributed by atoms with van der Waals surface area (Å²) in [5.41, 5.74) is 0.738. The largest absolute Gasteiger partial charge is 0.338 e. The number of likely N-dealkylation sites (tertiary alicyclic amines) is 1. The summed E-state index contributed by atoms with van der Waals surface area (Å²) in [6.45, 7) is 3.88. The van der Waals surface area contributed by atoms with E-state index in [2.05, 4.69) is 5.32 Å². The number of carbonyl (C=O) groups is 1. The molecule has 90 valence electrons. The third-order valence-electron chi connectivity index (χ3n) is 3.77. The van der Waals surface area contributed by atoms with Gasteiger partial charge in [0.25, 0.3) is 5.91 Å². The second-order valence-electron chi connectivity index (χ2n) is 4.90. The molecule has 17 heavy (non-hydrogen) atoms. The number of amides is 1. The Labute approximate surface area is 106 Å². The molecule has 2 unspecified atom stereocenters. The molecule has 0 aliphatic carbocycles. The van der Waals surface area contributed by atoms with Crippen molar-refractivity contribution in [1.29, 1.82) is 0 Å². The lowest BCUT2D eigenvalue weighted by molar-refractivity contribution is 0.0781. The summed E-state index contributed by atoms with van der Waals surface area (Å²) in [6.07, 6.45) is 0. The molecule has 0 radical (unpaired) electrons. The van der Waals surface area contributed by atoms with Gasteiger partial charge in [0.05, 0.1) is 0 Å². The van der Waals surface area contributed by atoms with Crippen LogP contribution in [0.25, 0.3) is 0 Å². The van der Waals surface area contributed by atoms with Gasteiger partial charge >= 0.3 is 0 Å². The van der Waals surface area contributed by atoms with E-state index in [0.29, 0.717) is 16.9 Å². The summed E-state index contributed by atoms with van der Waals surface area (Å²) in [5.74, 6) is 1.42. The molecule has 1 aromatic rings. The molecule has 2 aliphatic rings. The van der Waals surface area contributed by atoms with E-state index in [-0.39, 0.29) is 5.91 Å². The van der Waals surface area contributed by atoms with Crippen LogP contribution in [0.15, 0.2) is 24.3 Å². The van der Waals surface area contributed by atoms with Crippen LogP contribution in [0.4, 0.5) is 0 Å². The number of hydrogen-bond acceptors (Lipinski definition) is 2. The van der Waals surface area contributed by atoms with Crippen molar-refractivity contribution in [3.05, 3.63) is 34.9 Å². The summed E-state index contributed by atoms with van der Waals surface area (Å²) in [7, 11) is 0. The number of nitrogens with zero attached hydrogens (tertiary/aromatic N) is 1. The normalized spacial score (nSPS) is 27.2. The molecule has 3 nitrogen and oxygen atoms in total. The molecule has 1 N–H and O–H groups in total. The van der Waals surface area contributed by atoms with E-state index in [4.69, 9.17) is 11.6 Å². The van der Waals surface area contributed by atoms with E-state index in [1.165, 1.54) is 0 Å². The summed E-state index contributed by atoms with van der Waals surface area (Å²) < 4.78 is 0. The molecule has 2 saturated heterocycles. The molecule has 2 atom stereocenters. The Morgan fingerprint density at radius 1 is 1.18 bits per heavy atom. The Bertz CT molecular complexity index is 420. The Balaban J connectivity index is 1.73. The summed E-state index contributed by atoms with van der Waals surface area (Å²) in [6, 6.07) is 7.15. The molecule has 0 saturated carbocycles. The van der Waals surface area contributed by atoms with E-state index in [0.717, 1.165) is 31.7 Å². The summed E-state index contributed by atoms with van der Waals surface area (Å²) >= 11 is 5.82. The van der Waals surface area contributed by atoms with Crippen molar-refractivity contribution in [2.24, 2.45) is 11.8 Å². The second kappa shape index (κ2) is 4.31. The van der Waals surface area contributed by atoms with Crippen LogP contribution in [0.1, 0.15) is 10.4 Å². The van der Waals surface area contributed by atoms with Gasteiger partial charge in [0.15, 0.2) is 0 Å². The zero-order valence-corrected chi connectivity index (χ0v) is 10.3. The van der Waals surface area contributed by atoms with Gasteiger partial charge in [-0.3, -0.25) is 4.79 Å². The van der Waals surface area contributed by atoms with Crippen LogP contribution in [0.2, 0.25) is 5.02 Å². The van der Waals surface area contributed by atoms with Crippen LogP contribution in [0.5, 0.6) is 0 Å². The first-order valence-corrected chi connectivity index (χ1v) is 6.37. The van der Waals surface area contributed by atoms with Crippen molar-refractivity contribution >= 4 is 17.5 Å². The first-order valence-electron chi connectivity index (χ1n) is 5.99. The van der Waals surface area contributed by atoms with Gasteiger partial charge in [-0.15, -0.1) is 0 Å². The van der Waals surface area contributed by atoms with Crippen LogP contribution in [-0.2, 0) is 0 Å². The SMILES string of the molecule is O=C(c1ccc(Cl)cc1)N1CC2CNCC2C1. The molecule has 2 heterocycles. The molecule has 3 rings (SSSR count). The monoisotopic (exact) mass is 250 g/mol. The predicted octanol–water partition coefficient (Wildman–Crippen LogP) is 1.63. The highest BCUT2D eigenvalue weighted by Crippen LogP contribution is 2.27. The van der Waals surface area contributed by atoms with Gasteiger partial charge < -0.3 is 10.2 Å². The maximum Gasteiger partial charge on any atom is 0.253 e. The van der Waals surface area contributed by atoms with E-state index in [1.807, 2.05) is 4.90 Å². The molecule has 2 aliphatic heterocycles. The molecule has 0 bridgehead atoms. The third-order valence-corrected chi connectivity index (χ3v) is 4.02. The number of carbonyl (C=O) groups excluding carboxylic acids is 1. The van der Waals surface area contributed by atoms with E-state index >= 15 is 0 Å². The lowest BCUT2D eigenvalue weighted by Crippen LogP contribution is -2.31. The van der Waals surface area contributed by atoms with Gasteiger partial charge in [-0.2, -0.15) is 0 Å². The highest BCUT2D eigenvalue weighted by molar-refractivity contribution is 6.30. The Morgan fingerprint density at radius 3 is 2.35 bits per heavy atom. The molecule has 2 fully saturated rings. The minimum Gasteiger partial charge on any atom is -0.338 e. The Morgan fingerprint density at radius 2 is 1.76 bits per heavy atom. The summed E-state index contributed by atoms with van der Waals surface area (Å²) in [5, 5.41) is 4.05. The molecular formula is C13H15ClN2O. The van der Waals surface area contributed by atoms with Crippen LogP contribution in [0.3, 0.4) is 0 Å². The lowest BCUT2D eigenvalue weighted by Gasteiger charge is -2.17. The standard InChI is InChI=1S/C13H15ClN2O/c14-12-3-1-9(2-4-12)13(17)16-7-10-5-15-6-11(10)8-16/h1-4,10-11,15H,5-8H2.